The first-order valence-electron chi connectivity index (χ1n) is 5.46. The smallest absolute Gasteiger partial charge is 0.0506 e. The highest BCUT2D eigenvalue weighted by atomic mass is 32.2. The Bertz CT molecular complexity index is 170. The van der Waals surface area contributed by atoms with E-state index < -0.39 is 10.8 Å². The van der Waals surface area contributed by atoms with Gasteiger partial charge >= 0.3 is 0 Å². The molecule has 1 aliphatic heterocycles. The van der Waals surface area contributed by atoms with Gasteiger partial charge in [0.15, 0.2) is 0 Å². The van der Waals surface area contributed by atoms with E-state index >= 15 is 0 Å². The maximum Gasteiger partial charge on any atom is 0.0506 e. The molecule has 2 unspecified atom stereocenters. The molecule has 0 bridgehead atoms. The van der Waals surface area contributed by atoms with Crippen LogP contribution in [0.25, 0.3) is 0 Å². The van der Waals surface area contributed by atoms with Crippen molar-refractivity contribution in [2.45, 2.75) is 19.8 Å². The molecule has 0 aromatic carbocycles. The van der Waals surface area contributed by atoms with Crippen LogP contribution in [-0.4, -0.2) is 42.0 Å². The Hall–Kier alpha value is 0.0700. The molecule has 0 saturated carbocycles. The van der Waals surface area contributed by atoms with Crippen molar-refractivity contribution in [1.29, 1.82) is 0 Å². The van der Waals surface area contributed by atoms with Crippen LogP contribution in [0.2, 0.25) is 0 Å². The van der Waals surface area contributed by atoms with E-state index in [2.05, 4.69) is 5.32 Å². The van der Waals surface area contributed by atoms with Crippen LogP contribution >= 0.6 is 0 Å². The Kier molecular flexibility index (Phi) is 6.39. The molecule has 3 nitrogen and oxygen atoms in total. The summed E-state index contributed by atoms with van der Waals surface area (Å²) in [5.74, 6) is 2.22. The van der Waals surface area contributed by atoms with Gasteiger partial charge in [-0.05, 0) is 18.8 Å². The molecule has 0 radical (unpaired) electrons. The fourth-order valence-corrected chi connectivity index (χ4v) is 2.27. The summed E-state index contributed by atoms with van der Waals surface area (Å²) in [6.45, 7) is 5.67. The van der Waals surface area contributed by atoms with E-state index in [0.29, 0.717) is 5.92 Å². The van der Waals surface area contributed by atoms with E-state index in [1.54, 1.807) is 0 Å². The fraction of sp³-hybridized carbons (Fsp3) is 1.00. The van der Waals surface area contributed by atoms with Crippen molar-refractivity contribution in [3.05, 3.63) is 0 Å². The van der Waals surface area contributed by atoms with Crippen LogP contribution in [0, 0.1) is 5.92 Å². The predicted octanol–water partition coefficient (Wildman–Crippen LogP) is 0.771. The molecule has 14 heavy (non-hydrogen) atoms. The van der Waals surface area contributed by atoms with Gasteiger partial charge in [0.2, 0.25) is 0 Å². The lowest BCUT2D eigenvalue weighted by molar-refractivity contribution is 0.0551. The van der Waals surface area contributed by atoms with Crippen molar-refractivity contribution in [3.63, 3.8) is 0 Å². The second kappa shape index (κ2) is 7.37. The van der Waals surface area contributed by atoms with Gasteiger partial charge in [-0.15, -0.1) is 0 Å². The molecule has 0 spiro atoms. The Labute approximate surface area is 89.1 Å². The molecule has 4 heteroatoms. The van der Waals surface area contributed by atoms with E-state index in [1.807, 2.05) is 6.92 Å². The average molecular weight is 219 g/mol. The molecule has 0 aromatic heterocycles. The highest BCUT2D eigenvalue weighted by Gasteiger charge is 2.12. The normalized spacial score (nSPS) is 24.8. The summed E-state index contributed by atoms with van der Waals surface area (Å²) in [6.07, 6.45) is 2.46. The SMILES string of the molecule is CCS(=O)CCNCC1CCCOC1. The van der Waals surface area contributed by atoms with E-state index in [-0.39, 0.29) is 0 Å². The third kappa shape index (κ3) is 5.08. The summed E-state index contributed by atoms with van der Waals surface area (Å²) in [4.78, 5) is 0. The molecule has 1 N–H and O–H groups in total. The summed E-state index contributed by atoms with van der Waals surface area (Å²) in [5, 5.41) is 3.35. The zero-order chi connectivity index (χ0) is 10.2. The fourth-order valence-electron chi connectivity index (χ4n) is 1.60. The zero-order valence-corrected chi connectivity index (χ0v) is 9.78. The van der Waals surface area contributed by atoms with Crippen LogP contribution in [0.15, 0.2) is 0 Å². The second-order valence-corrected chi connectivity index (χ2v) is 5.59. The van der Waals surface area contributed by atoms with Gasteiger partial charge in [-0.1, -0.05) is 6.92 Å². The molecule has 0 aliphatic carbocycles. The topological polar surface area (TPSA) is 38.3 Å². The Morgan fingerprint density at radius 2 is 2.43 bits per heavy atom. The van der Waals surface area contributed by atoms with Gasteiger partial charge < -0.3 is 10.1 Å². The molecule has 84 valence electrons. The lowest BCUT2D eigenvalue weighted by Gasteiger charge is -2.22. The molecule has 1 heterocycles. The highest BCUT2D eigenvalue weighted by molar-refractivity contribution is 7.84. The van der Waals surface area contributed by atoms with Crippen LogP contribution in [0.1, 0.15) is 19.8 Å². The van der Waals surface area contributed by atoms with E-state index in [0.717, 1.165) is 37.8 Å². The zero-order valence-electron chi connectivity index (χ0n) is 8.96. The van der Waals surface area contributed by atoms with Crippen molar-refractivity contribution in [3.8, 4) is 0 Å². The Balaban J connectivity index is 1.94. The van der Waals surface area contributed by atoms with Gasteiger partial charge in [0, 0.05) is 42.0 Å². The van der Waals surface area contributed by atoms with Crippen molar-refractivity contribution in [2.75, 3.05) is 37.8 Å². The van der Waals surface area contributed by atoms with Crippen LogP contribution < -0.4 is 5.32 Å². The Morgan fingerprint density at radius 3 is 3.07 bits per heavy atom. The standard InChI is InChI=1S/C10H21NO2S/c1-2-14(12)7-5-11-8-10-4-3-6-13-9-10/h10-11H,2-9H2,1H3. The molecule has 0 aromatic rings. The minimum atomic E-state index is -0.627. The molecular weight excluding hydrogens is 198 g/mol. The molecule has 1 fully saturated rings. The molecule has 2 atom stereocenters. The minimum absolute atomic E-state index is 0.627. The quantitative estimate of drug-likeness (QED) is 0.671. The number of ether oxygens (including phenoxy) is 1. The first-order chi connectivity index (χ1) is 6.83. The van der Waals surface area contributed by atoms with Crippen molar-refractivity contribution in [2.24, 2.45) is 5.92 Å². The number of nitrogens with one attached hydrogen (secondary N) is 1. The van der Waals surface area contributed by atoms with E-state index in [4.69, 9.17) is 4.74 Å². The molecule has 1 saturated heterocycles. The summed E-state index contributed by atoms with van der Waals surface area (Å²) < 4.78 is 16.5. The van der Waals surface area contributed by atoms with Crippen LogP contribution in [0.3, 0.4) is 0 Å². The first-order valence-corrected chi connectivity index (χ1v) is 6.95. The van der Waals surface area contributed by atoms with Gasteiger partial charge in [-0.3, -0.25) is 4.21 Å². The van der Waals surface area contributed by atoms with E-state index in [1.165, 1.54) is 12.8 Å². The van der Waals surface area contributed by atoms with Crippen molar-refractivity contribution < 1.29 is 8.95 Å². The van der Waals surface area contributed by atoms with Gasteiger partial charge in [0.05, 0.1) is 6.61 Å². The third-order valence-corrected chi connectivity index (χ3v) is 3.82. The number of hydrogen-bond donors (Lipinski definition) is 1. The average Bonchev–Trinajstić information content (AvgIpc) is 2.25. The van der Waals surface area contributed by atoms with Crippen LogP contribution in [0.5, 0.6) is 0 Å². The molecule has 0 amide bonds. The van der Waals surface area contributed by atoms with Crippen LogP contribution in [0.4, 0.5) is 0 Å². The number of rotatable bonds is 6. The second-order valence-electron chi connectivity index (χ2n) is 3.72. The third-order valence-electron chi connectivity index (χ3n) is 2.52. The predicted molar refractivity (Wildman–Crippen MR) is 60.0 cm³/mol. The van der Waals surface area contributed by atoms with E-state index in [9.17, 15) is 4.21 Å². The summed E-state index contributed by atoms with van der Waals surface area (Å²) in [7, 11) is -0.627. The van der Waals surface area contributed by atoms with Crippen LogP contribution in [-0.2, 0) is 15.5 Å². The molecule has 1 rings (SSSR count). The van der Waals surface area contributed by atoms with Crippen molar-refractivity contribution in [1.82, 2.24) is 5.32 Å². The minimum Gasteiger partial charge on any atom is -0.381 e. The van der Waals surface area contributed by atoms with Gasteiger partial charge in [0.25, 0.3) is 0 Å². The largest absolute Gasteiger partial charge is 0.381 e. The van der Waals surface area contributed by atoms with Gasteiger partial charge in [0.1, 0.15) is 0 Å². The Morgan fingerprint density at radius 1 is 1.57 bits per heavy atom. The maximum absolute atomic E-state index is 11.1. The monoisotopic (exact) mass is 219 g/mol. The lowest BCUT2D eigenvalue weighted by atomic mass is 10.0. The lowest BCUT2D eigenvalue weighted by Crippen LogP contribution is -2.31. The van der Waals surface area contributed by atoms with Gasteiger partial charge in [-0.25, -0.2) is 0 Å². The first kappa shape index (κ1) is 12.1. The number of hydrogen-bond acceptors (Lipinski definition) is 3. The maximum atomic E-state index is 11.1. The van der Waals surface area contributed by atoms with Crippen molar-refractivity contribution >= 4 is 10.8 Å². The highest BCUT2D eigenvalue weighted by Crippen LogP contribution is 2.11. The summed E-state index contributed by atoms with van der Waals surface area (Å²) in [5.41, 5.74) is 0. The molecule has 1 aliphatic rings. The summed E-state index contributed by atoms with van der Waals surface area (Å²) in [6, 6.07) is 0. The van der Waals surface area contributed by atoms with Gasteiger partial charge in [-0.2, -0.15) is 0 Å². The molecular formula is C10H21NO2S. The summed E-state index contributed by atoms with van der Waals surface area (Å²) >= 11 is 0.